The first-order chi connectivity index (χ1) is 16.2. The normalized spacial score (nSPS) is 22.7. The molecule has 1 heterocycles. The maximum Gasteiger partial charge on any atom is 0.342 e. The maximum absolute atomic E-state index is 14.8. The summed E-state index contributed by atoms with van der Waals surface area (Å²) in [6.45, 7) is 9.01. The highest BCUT2D eigenvalue weighted by Gasteiger charge is 2.54. The number of benzene rings is 3. The lowest BCUT2D eigenvalue weighted by atomic mass is 9.52. The molecule has 6 rings (SSSR count). The molecule has 0 saturated heterocycles. The molecule has 35 heavy (non-hydrogen) atoms. The van der Waals surface area contributed by atoms with Gasteiger partial charge in [-0.2, -0.15) is 8.78 Å². The van der Waals surface area contributed by atoms with E-state index >= 15 is 0 Å². The minimum absolute atomic E-state index is 0.127. The van der Waals surface area contributed by atoms with Gasteiger partial charge in [-0.25, -0.2) is 0 Å². The van der Waals surface area contributed by atoms with Crippen LogP contribution < -0.4 is 9.80 Å². The summed E-state index contributed by atoms with van der Waals surface area (Å²) in [5.41, 5.74) is 5.94. The van der Waals surface area contributed by atoms with Crippen molar-refractivity contribution in [1.82, 2.24) is 0 Å². The molecule has 0 radical (unpaired) electrons. The Morgan fingerprint density at radius 1 is 0.800 bits per heavy atom. The Labute approximate surface area is 206 Å². The monoisotopic (exact) mass is 476 g/mol. The van der Waals surface area contributed by atoms with Crippen molar-refractivity contribution >= 4 is 22.1 Å². The summed E-state index contributed by atoms with van der Waals surface area (Å²) in [7, 11) is 3.15. The van der Waals surface area contributed by atoms with Gasteiger partial charge in [-0.15, -0.1) is 0 Å². The number of aromatic hydroxyl groups is 1. The summed E-state index contributed by atoms with van der Waals surface area (Å²) in [5, 5.41) is 12.9. The highest BCUT2D eigenvalue weighted by atomic mass is 19.3. The molecule has 3 nitrogen and oxygen atoms in total. The van der Waals surface area contributed by atoms with E-state index in [2.05, 4.69) is 52.0 Å². The molecule has 184 valence electrons. The molecule has 0 aromatic heterocycles. The van der Waals surface area contributed by atoms with Gasteiger partial charge in [0.15, 0.2) is 0 Å². The Morgan fingerprint density at radius 2 is 1.43 bits per heavy atom. The molecule has 1 saturated carbocycles. The third-order valence-electron chi connectivity index (χ3n) is 8.65. The van der Waals surface area contributed by atoms with Crippen LogP contribution in [-0.4, -0.2) is 31.8 Å². The lowest BCUT2D eigenvalue weighted by Crippen LogP contribution is -2.51. The number of phenols is 1. The Balaban J connectivity index is 1.71. The van der Waals surface area contributed by atoms with E-state index in [-0.39, 0.29) is 28.5 Å². The van der Waals surface area contributed by atoms with Crippen LogP contribution in [0.1, 0.15) is 58.1 Å². The van der Waals surface area contributed by atoms with Crippen molar-refractivity contribution in [3.8, 4) is 16.9 Å². The summed E-state index contributed by atoms with van der Waals surface area (Å²) in [4.78, 5) is 2.67. The predicted molar refractivity (Wildman–Crippen MR) is 140 cm³/mol. The van der Waals surface area contributed by atoms with Crippen LogP contribution in [0.25, 0.3) is 21.9 Å². The molecule has 0 amide bonds. The summed E-state index contributed by atoms with van der Waals surface area (Å²) >= 11 is 0. The van der Waals surface area contributed by atoms with Crippen molar-refractivity contribution in [1.29, 1.82) is 0 Å². The SMILES string of the molecule is CN1CC(F)(F)N(C)c2cc3c4c(cc(O)c3cc21)C1(CC(C)(C)CC(C)(C)C1)c1ccccc1-4. The number of fused-ring (bicyclic) bond motifs is 8. The number of hydrogen-bond acceptors (Lipinski definition) is 3. The maximum atomic E-state index is 14.8. The summed E-state index contributed by atoms with van der Waals surface area (Å²) in [6.07, 6.45) is 3.12. The smallest absolute Gasteiger partial charge is 0.342 e. The molecule has 3 aliphatic rings. The van der Waals surface area contributed by atoms with E-state index in [9.17, 15) is 13.9 Å². The first-order valence-electron chi connectivity index (χ1n) is 12.5. The van der Waals surface area contributed by atoms with Gasteiger partial charge in [0.1, 0.15) is 12.3 Å². The number of rotatable bonds is 0. The molecule has 1 N–H and O–H groups in total. The van der Waals surface area contributed by atoms with Crippen LogP contribution in [0.2, 0.25) is 0 Å². The van der Waals surface area contributed by atoms with Gasteiger partial charge in [0, 0.05) is 24.9 Å². The number of likely N-dealkylation sites (N-methyl/N-ethyl adjacent to an activating group) is 2. The third kappa shape index (κ3) is 3.06. The van der Waals surface area contributed by atoms with Crippen molar-refractivity contribution in [3.05, 3.63) is 53.6 Å². The topological polar surface area (TPSA) is 26.7 Å². The predicted octanol–water partition coefficient (Wildman–Crippen LogP) is 7.53. The number of nitrogens with zero attached hydrogens (tertiary/aromatic N) is 2. The summed E-state index contributed by atoms with van der Waals surface area (Å²) in [5.74, 6) is 0.225. The zero-order valence-corrected chi connectivity index (χ0v) is 21.5. The Morgan fingerprint density at radius 3 is 2.11 bits per heavy atom. The molecule has 1 spiro atoms. The van der Waals surface area contributed by atoms with Gasteiger partial charge in [-0.1, -0.05) is 52.0 Å². The highest BCUT2D eigenvalue weighted by Crippen LogP contribution is 2.65. The fraction of sp³-hybridized carbons (Fsp3) is 0.467. The van der Waals surface area contributed by atoms with E-state index in [0.717, 1.165) is 40.7 Å². The third-order valence-corrected chi connectivity index (χ3v) is 8.65. The van der Waals surface area contributed by atoms with E-state index < -0.39 is 6.05 Å². The van der Waals surface area contributed by atoms with Crippen LogP contribution >= 0.6 is 0 Å². The average Bonchev–Trinajstić information content (AvgIpc) is 2.98. The molecular formula is C30H34F2N2O. The molecule has 0 atom stereocenters. The zero-order valence-electron chi connectivity index (χ0n) is 21.5. The Hall–Kier alpha value is -2.82. The quantitative estimate of drug-likeness (QED) is 0.340. The van der Waals surface area contributed by atoms with Crippen LogP contribution in [0.5, 0.6) is 5.75 Å². The molecule has 1 fully saturated rings. The first-order valence-corrected chi connectivity index (χ1v) is 12.5. The second-order valence-corrected chi connectivity index (χ2v) is 12.8. The van der Waals surface area contributed by atoms with Crippen LogP contribution in [0.3, 0.4) is 0 Å². The largest absolute Gasteiger partial charge is 0.507 e. The zero-order chi connectivity index (χ0) is 25.1. The minimum atomic E-state index is -2.97. The standard InChI is InChI=1S/C30H34F2N2O/c1-27(2)14-28(3,4)16-29(15-27)21-10-8-7-9-18(21)26-20-12-24-23(11-19(20)25(35)13-22(26)29)33(5)17-30(31,32)34(24)6/h7-13,35H,14-17H2,1-6H3. The van der Waals surface area contributed by atoms with E-state index in [0.29, 0.717) is 16.8 Å². The molecule has 3 aromatic rings. The van der Waals surface area contributed by atoms with Crippen molar-refractivity contribution < 1.29 is 13.9 Å². The van der Waals surface area contributed by atoms with Crippen LogP contribution in [0, 0.1) is 10.8 Å². The minimum Gasteiger partial charge on any atom is -0.507 e. The second kappa shape index (κ2) is 6.68. The number of anilines is 2. The molecule has 2 aliphatic carbocycles. The summed E-state index contributed by atoms with van der Waals surface area (Å²) in [6, 6.07) is 11.3. The van der Waals surface area contributed by atoms with Gasteiger partial charge < -0.3 is 14.9 Å². The van der Waals surface area contributed by atoms with Crippen molar-refractivity contribution in [2.45, 2.75) is 58.4 Å². The molecular weight excluding hydrogens is 442 g/mol. The average molecular weight is 477 g/mol. The van der Waals surface area contributed by atoms with Gasteiger partial charge in [0.05, 0.1) is 11.4 Å². The molecule has 0 bridgehead atoms. The van der Waals surface area contributed by atoms with Crippen molar-refractivity contribution in [2.75, 3.05) is 30.4 Å². The van der Waals surface area contributed by atoms with Gasteiger partial charge in [-0.3, -0.25) is 0 Å². The van der Waals surface area contributed by atoms with E-state index in [1.165, 1.54) is 18.2 Å². The van der Waals surface area contributed by atoms with Gasteiger partial charge in [-0.05, 0) is 75.9 Å². The van der Waals surface area contributed by atoms with Gasteiger partial charge in [0.25, 0.3) is 0 Å². The Bertz CT molecular complexity index is 1370. The fourth-order valence-electron chi connectivity index (χ4n) is 8.08. The Kier molecular flexibility index (Phi) is 4.32. The van der Waals surface area contributed by atoms with E-state index in [1.54, 1.807) is 11.9 Å². The van der Waals surface area contributed by atoms with Crippen LogP contribution in [0.4, 0.5) is 20.2 Å². The first kappa shape index (κ1) is 22.6. The van der Waals surface area contributed by atoms with Crippen LogP contribution in [-0.2, 0) is 5.41 Å². The second-order valence-electron chi connectivity index (χ2n) is 12.8. The molecule has 5 heteroatoms. The number of halogens is 2. The van der Waals surface area contributed by atoms with Crippen molar-refractivity contribution in [3.63, 3.8) is 0 Å². The van der Waals surface area contributed by atoms with E-state index in [4.69, 9.17) is 0 Å². The lowest BCUT2D eigenvalue weighted by Gasteiger charge is -2.51. The van der Waals surface area contributed by atoms with Gasteiger partial charge in [0.2, 0.25) is 0 Å². The number of phenolic OH excluding ortho intramolecular Hbond substituents is 1. The van der Waals surface area contributed by atoms with Crippen molar-refractivity contribution in [2.24, 2.45) is 10.8 Å². The highest BCUT2D eigenvalue weighted by molar-refractivity contribution is 6.08. The van der Waals surface area contributed by atoms with Crippen LogP contribution in [0.15, 0.2) is 42.5 Å². The van der Waals surface area contributed by atoms with E-state index in [1.807, 2.05) is 18.2 Å². The molecule has 1 aliphatic heterocycles. The fourth-order valence-corrected chi connectivity index (χ4v) is 8.08. The number of alkyl halides is 2. The molecule has 3 aromatic carbocycles. The lowest BCUT2D eigenvalue weighted by molar-refractivity contribution is 0.00828. The molecule has 0 unspecified atom stereocenters. The summed E-state index contributed by atoms with van der Waals surface area (Å²) < 4.78 is 29.6. The van der Waals surface area contributed by atoms with Gasteiger partial charge >= 0.3 is 6.05 Å². The number of hydrogen-bond donors (Lipinski definition) is 1.